The number of pyridine rings is 1. The zero-order chi connectivity index (χ0) is 19.2. The molecule has 0 aliphatic heterocycles. The number of nitrogens with one attached hydrogen (secondary N) is 2. The Morgan fingerprint density at radius 3 is 2.67 bits per heavy atom. The molecule has 6 heteroatoms. The second-order valence-corrected chi connectivity index (χ2v) is 9.09. The van der Waals surface area contributed by atoms with Crippen LogP contribution in [0.4, 0.5) is 5.69 Å². The smallest absolute Gasteiger partial charge is 0.229 e. The second-order valence-electron chi connectivity index (χ2n) is 7.34. The fourth-order valence-corrected chi connectivity index (χ4v) is 4.15. The normalized spacial score (nSPS) is 12.6. The van der Waals surface area contributed by atoms with Crippen LogP contribution in [0.1, 0.15) is 25.0 Å². The Morgan fingerprint density at radius 1 is 1.07 bits per heavy atom. The predicted molar refractivity (Wildman–Crippen MR) is 111 cm³/mol. The molecule has 2 N–H and O–H groups in total. The highest BCUT2D eigenvalue weighted by molar-refractivity contribution is 7.92. The average molecular weight is 379 g/mol. The third-order valence-corrected chi connectivity index (χ3v) is 5.60. The molecule has 2 aromatic carbocycles. The fourth-order valence-electron chi connectivity index (χ4n) is 3.58. The molecule has 0 radical (unpaired) electrons. The van der Waals surface area contributed by atoms with E-state index >= 15 is 0 Å². The van der Waals surface area contributed by atoms with Gasteiger partial charge >= 0.3 is 0 Å². The molecule has 0 fully saturated rings. The fraction of sp³-hybridized carbons (Fsp3) is 0.190. The van der Waals surface area contributed by atoms with Crippen molar-refractivity contribution in [3.05, 3.63) is 72.1 Å². The van der Waals surface area contributed by atoms with Gasteiger partial charge in [-0.2, -0.15) is 0 Å². The van der Waals surface area contributed by atoms with Crippen LogP contribution in [-0.2, 0) is 15.4 Å². The van der Waals surface area contributed by atoms with E-state index in [9.17, 15) is 8.42 Å². The molecule has 0 bridgehead atoms. The molecule has 0 spiro atoms. The van der Waals surface area contributed by atoms with Crippen LogP contribution in [0.3, 0.4) is 0 Å². The summed E-state index contributed by atoms with van der Waals surface area (Å²) in [6, 6.07) is 16.0. The van der Waals surface area contributed by atoms with Gasteiger partial charge in [-0.15, -0.1) is 0 Å². The molecule has 27 heavy (non-hydrogen) atoms. The van der Waals surface area contributed by atoms with Crippen molar-refractivity contribution in [2.24, 2.45) is 0 Å². The number of fused-ring (bicyclic) bond motifs is 2. The van der Waals surface area contributed by atoms with Crippen molar-refractivity contribution in [2.45, 2.75) is 19.3 Å². The van der Waals surface area contributed by atoms with Crippen molar-refractivity contribution in [3.63, 3.8) is 0 Å². The van der Waals surface area contributed by atoms with Crippen molar-refractivity contribution >= 4 is 37.5 Å². The monoisotopic (exact) mass is 379 g/mol. The van der Waals surface area contributed by atoms with E-state index in [0.29, 0.717) is 5.69 Å². The Hall–Kier alpha value is -2.86. The Labute approximate surface area is 158 Å². The van der Waals surface area contributed by atoms with E-state index in [1.54, 1.807) is 12.3 Å². The standard InChI is InChI=1S/C21H21N3O2S/c1-21(2,15-9-10-18-14(12-15)6-5-11-22-18)17-13-23-20-16(17)7-4-8-19(20)24-27(3,25)26/h4-13,23-24H,1-3H3. The molecule has 4 rings (SSSR count). The van der Waals surface area contributed by atoms with Gasteiger partial charge < -0.3 is 4.98 Å². The minimum absolute atomic E-state index is 0.272. The summed E-state index contributed by atoms with van der Waals surface area (Å²) in [6.07, 6.45) is 4.91. The molecule has 0 atom stereocenters. The molecule has 0 amide bonds. The lowest BCUT2D eigenvalue weighted by Crippen LogP contribution is -2.18. The van der Waals surface area contributed by atoms with E-state index in [2.05, 4.69) is 46.7 Å². The number of sulfonamides is 1. The summed E-state index contributed by atoms with van der Waals surface area (Å²) < 4.78 is 25.9. The summed E-state index contributed by atoms with van der Waals surface area (Å²) in [5, 5.41) is 2.10. The molecule has 0 aliphatic carbocycles. The molecule has 138 valence electrons. The van der Waals surface area contributed by atoms with Gasteiger partial charge in [-0.1, -0.05) is 38.1 Å². The van der Waals surface area contributed by atoms with Gasteiger partial charge in [0.25, 0.3) is 0 Å². The number of nitrogens with zero attached hydrogens (tertiary/aromatic N) is 1. The number of hydrogen-bond acceptors (Lipinski definition) is 3. The van der Waals surface area contributed by atoms with E-state index in [-0.39, 0.29) is 5.41 Å². The number of rotatable bonds is 4. The highest BCUT2D eigenvalue weighted by Crippen LogP contribution is 2.38. The number of para-hydroxylation sites is 1. The van der Waals surface area contributed by atoms with Crippen LogP contribution in [0.2, 0.25) is 0 Å². The minimum atomic E-state index is -3.35. The second kappa shape index (κ2) is 6.09. The van der Waals surface area contributed by atoms with Gasteiger partial charge in [0.05, 0.1) is 23.0 Å². The number of anilines is 1. The molecule has 0 saturated carbocycles. The first kappa shape index (κ1) is 17.5. The van der Waals surface area contributed by atoms with Gasteiger partial charge in [0.15, 0.2) is 0 Å². The van der Waals surface area contributed by atoms with E-state index in [1.807, 2.05) is 30.5 Å². The lowest BCUT2D eigenvalue weighted by atomic mass is 9.77. The quantitative estimate of drug-likeness (QED) is 0.551. The first-order valence-electron chi connectivity index (χ1n) is 8.69. The summed E-state index contributed by atoms with van der Waals surface area (Å²) in [5.74, 6) is 0. The lowest BCUT2D eigenvalue weighted by Gasteiger charge is -2.25. The first-order valence-corrected chi connectivity index (χ1v) is 10.6. The van der Waals surface area contributed by atoms with Gasteiger partial charge in [-0.3, -0.25) is 9.71 Å². The van der Waals surface area contributed by atoms with Crippen LogP contribution in [-0.4, -0.2) is 24.6 Å². The largest absolute Gasteiger partial charge is 0.359 e. The molecular weight excluding hydrogens is 358 g/mol. The van der Waals surface area contributed by atoms with Gasteiger partial charge in [-0.05, 0) is 35.4 Å². The Morgan fingerprint density at radius 2 is 1.89 bits per heavy atom. The summed E-state index contributed by atoms with van der Waals surface area (Å²) in [7, 11) is -3.35. The molecule has 2 heterocycles. The molecule has 0 unspecified atom stereocenters. The highest BCUT2D eigenvalue weighted by Gasteiger charge is 2.27. The summed E-state index contributed by atoms with van der Waals surface area (Å²) in [4.78, 5) is 7.64. The van der Waals surface area contributed by atoms with Crippen LogP contribution in [0.5, 0.6) is 0 Å². The summed E-state index contributed by atoms with van der Waals surface area (Å²) in [6.45, 7) is 4.34. The van der Waals surface area contributed by atoms with E-state index in [1.165, 1.54) is 5.56 Å². The molecule has 5 nitrogen and oxygen atoms in total. The molecule has 4 aromatic rings. The third kappa shape index (κ3) is 3.17. The van der Waals surface area contributed by atoms with Crippen molar-refractivity contribution < 1.29 is 8.42 Å². The van der Waals surface area contributed by atoms with Gasteiger partial charge in [-0.25, -0.2) is 8.42 Å². The predicted octanol–water partition coefficient (Wildman–Crippen LogP) is 4.41. The maximum atomic E-state index is 11.7. The number of benzene rings is 2. The topological polar surface area (TPSA) is 74.8 Å². The third-order valence-electron chi connectivity index (χ3n) is 5.01. The Balaban J connectivity index is 1.86. The first-order chi connectivity index (χ1) is 12.8. The van der Waals surface area contributed by atoms with E-state index in [4.69, 9.17) is 0 Å². The van der Waals surface area contributed by atoms with Crippen LogP contribution in [0.25, 0.3) is 21.8 Å². The van der Waals surface area contributed by atoms with Crippen molar-refractivity contribution in [1.82, 2.24) is 9.97 Å². The number of aromatic nitrogens is 2. The van der Waals surface area contributed by atoms with Crippen LogP contribution in [0, 0.1) is 0 Å². The number of hydrogen-bond donors (Lipinski definition) is 2. The van der Waals surface area contributed by atoms with Crippen molar-refractivity contribution in [3.8, 4) is 0 Å². The van der Waals surface area contributed by atoms with Gasteiger partial charge in [0, 0.05) is 28.6 Å². The molecular formula is C21H21N3O2S. The summed E-state index contributed by atoms with van der Waals surface area (Å²) in [5.41, 5.74) is 4.32. The van der Waals surface area contributed by atoms with E-state index < -0.39 is 10.0 Å². The summed E-state index contributed by atoms with van der Waals surface area (Å²) >= 11 is 0. The minimum Gasteiger partial charge on any atom is -0.359 e. The van der Waals surface area contributed by atoms with Crippen LogP contribution < -0.4 is 4.72 Å². The Kier molecular flexibility index (Phi) is 3.96. The average Bonchev–Trinajstić information content (AvgIpc) is 3.06. The zero-order valence-corrected chi connectivity index (χ0v) is 16.3. The van der Waals surface area contributed by atoms with E-state index in [0.717, 1.165) is 33.6 Å². The SMILES string of the molecule is CC(C)(c1ccc2ncccc2c1)c1c[nH]c2c(NS(C)(=O)=O)cccc12. The Bertz CT molecular complexity index is 1260. The van der Waals surface area contributed by atoms with Crippen LogP contribution >= 0.6 is 0 Å². The number of aromatic amines is 1. The zero-order valence-electron chi connectivity index (χ0n) is 15.4. The number of H-pyrrole nitrogens is 1. The maximum absolute atomic E-state index is 11.7. The van der Waals surface area contributed by atoms with Gasteiger partial charge in [0.1, 0.15) is 0 Å². The van der Waals surface area contributed by atoms with Crippen molar-refractivity contribution in [1.29, 1.82) is 0 Å². The highest BCUT2D eigenvalue weighted by atomic mass is 32.2. The molecule has 2 aromatic heterocycles. The molecule has 0 saturated heterocycles. The lowest BCUT2D eigenvalue weighted by molar-refractivity contribution is 0.607. The maximum Gasteiger partial charge on any atom is 0.229 e. The van der Waals surface area contributed by atoms with Gasteiger partial charge in [0.2, 0.25) is 10.0 Å². The molecule has 0 aliphatic rings. The van der Waals surface area contributed by atoms with Crippen molar-refractivity contribution in [2.75, 3.05) is 11.0 Å². The van der Waals surface area contributed by atoms with Crippen LogP contribution in [0.15, 0.2) is 60.9 Å².